The van der Waals surface area contributed by atoms with Crippen molar-refractivity contribution in [3.63, 3.8) is 0 Å². The normalized spacial score (nSPS) is 14.0. The van der Waals surface area contributed by atoms with Crippen LogP contribution in [0.4, 0.5) is 17.1 Å². The van der Waals surface area contributed by atoms with Crippen LogP contribution in [0.3, 0.4) is 0 Å². The molecule has 6 rings (SSSR count). The van der Waals surface area contributed by atoms with Gasteiger partial charge in [0.1, 0.15) is 35.4 Å². The number of carbonyl (C=O) groups is 2. The average molecular weight is 564 g/mol. The molecule has 0 spiro atoms. The molecule has 0 saturated heterocycles. The molecule has 2 amide bonds. The van der Waals surface area contributed by atoms with Gasteiger partial charge in [-0.3, -0.25) is 24.3 Å². The summed E-state index contributed by atoms with van der Waals surface area (Å²) in [6.07, 6.45) is 4.20. The Bertz CT molecular complexity index is 1910. The highest BCUT2D eigenvalue weighted by Crippen LogP contribution is 2.37. The molecule has 0 aliphatic heterocycles. The van der Waals surface area contributed by atoms with E-state index >= 15 is 0 Å². The molecule has 3 aromatic carbocycles. The maximum Gasteiger partial charge on any atom is 0.270 e. The molecule has 210 valence electrons. The van der Waals surface area contributed by atoms with Gasteiger partial charge in [-0.1, -0.05) is 24.3 Å². The third-order valence-electron chi connectivity index (χ3n) is 7.40. The number of rotatable bonds is 8. The van der Waals surface area contributed by atoms with Crippen LogP contribution in [0.5, 0.6) is 0 Å². The van der Waals surface area contributed by atoms with Gasteiger partial charge in [-0.25, -0.2) is 15.0 Å². The summed E-state index contributed by atoms with van der Waals surface area (Å²) >= 11 is 0. The predicted octanol–water partition coefficient (Wildman–Crippen LogP) is 1.84. The Labute approximate surface area is 238 Å². The van der Waals surface area contributed by atoms with Gasteiger partial charge in [-0.05, 0) is 54.2 Å². The number of carbonyl (C=O) groups excluding carboxylic acids is 2. The molecule has 2 aromatic heterocycles. The van der Waals surface area contributed by atoms with Crippen LogP contribution in [0.25, 0.3) is 11.4 Å². The van der Waals surface area contributed by atoms with Crippen LogP contribution in [0.2, 0.25) is 0 Å². The highest BCUT2D eigenvalue weighted by molar-refractivity contribution is 5.97. The molecule has 0 bridgehead atoms. The molecule has 0 saturated carbocycles. The number of benzene rings is 2. The predicted molar refractivity (Wildman–Crippen MR) is 154 cm³/mol. The number of amides is 2. The van der Waals surface area contributed by atoms with Crippen molar-refractivity contribution in [3.05, 3.63) is 109 Å². The highest BCUT2D eigenvalue weighted by atomic mass is 16.2. The smallest absolute Gasteiger partial charge is 0.270 e. The number of nitrogens with one attached hydrogen (secondary N) is 4. The van der Waals surface area contributed by atoms with Crippen LogP contribution >= 0.6 is 0 Å². The van der Waals surface area contributed by atoms with Gasteiger partial charge >= 0.3 is 0 Å². The van der Waals surface area contributed by atoms with E-state index in [1.165, 1.54) is 24.3 Å². The second-order valence-electron chi connectivity index (χ2n) is 9.95. The Hall–Kier alpha value is -5.72. The average Bonchev–Trinajstić information content (AvgIpc) is 3.70. The number of aromatic amines is 1. The highest BCUT2D eigenvalue weighted by Gasteiger charge is 2.28. The summed E-state index contributed by atoms with van der Waals surface area (Å²) in [7, 11) is 0. The Morgan fingerprint density at radius 3 is 2.57 bits per heavy atom. The third kappa shape index (κ3) is 4.87. The summed E-state index contributed by atoms with van der Waals surface area (Å²) in [6, 6.07) is 12.1. The molecule has 42 heavy (non-hydrogen) atoms. The van der Waals surface area contributed by atoms with Crippen LogP contribution in [0, 0.1) is 6.92 Å². The van der Waals surface area contributed by atoms with Crippen molar-refractivity contribution < 1.29 is 9.59 Å². The molecule has 6 N–H and O–H groups in total. The standard InChI is InChI=1S/C29H25N9O4/c1-14-17-7-8-20(19(17)6-5-18(14)27-34-13-35-38-27)37-29(42)22-10-21(32-12-33-22)28(41)31-11-15-3-2-4-16(9-15)36-24-23(30)25(39)26(24)40/h2-6,9-10,12-13,20,36H,7-8,11,30H2,1H3,(H,31,41)(H,37,42)(H,34,35,38)/t20-/m0/s1. The number of fused-ring (bicyclic) bond motifs is 1. The van der Waals surface area contributed by atoms with Crippen molar-refractivity contribution >= 4 is 28.9 Å². The molecule has 0 radical (unpaired) electrons. The number of H-pyrrole nitrogens is 1. The van der Waals surface area contributed by atoms with Crippen molar-refractivity contribution in [1.29, 1.82) is 0 Å². The van der Waals surface area contributed by atoms with Crippen molar-refractivity contribution in [2.45, 2.75) is 32.4 Å². The molecular weight excluding hydrogens is 538 g/mol. The zero-order valence-electron chi connectivity index (χ0n) is 22.4. The second kappa shape index (κ2) is 10.7. The first-order chi connectivity index (χ1) is 20.3. The molecule has 13 heteroatoms. The van der Waals surface area contributed by atoms with Gasteiger partial charge in [0.25, 0.3) is 22.7 Å². The molecule has 1 atom stereocenters. The lowest BCUT2D eigenvalue weighted by atomic mass is 9.97. The number of hydrogen-bond acceptors (Lipinski definition) is 10. The van der Waals surface area contributed by atoms with Crippen LogP contribution in [-0.4, -0.2) is 37.0 Å². The van der Waals surface area contributed by atoms with Crippen molar-refractivity contribution in [2.24, 2.45) is 0 Å². The van der Waals surface area contributed by atoms with E-state index in [1.54, 1.807) is 24.3 Å². The minimum atomic E-state index is -0.709. The minimum Gasteiger partial charge on any atom is -0.394 e. The lowest BCUT2D eigenvalue weighted by molar-refractivity contribution is 0.0931. The third-order valence-corrected chi connectivity index (χ3v) is 7.40. The van der Waals surface area contributed by atoms with Crippen LogP contribution in [0.1, 0.15) is 55.7 Å². The van der Waals surface area contributed by atoms with E-state index in [9.17, 15) is 19.2 Å². The fraction of sp³-hybridized carbons (Fsp3) is 0.172. The largest absolute Gasteiger partial charge is 0.394 e. The van der Waals surface area contributed by atoms with E-state index in [0.717, 1.165) is 35.1 Å². The van der Waals surface area contributed by atoms with Gasteiger partial charge in [-0.2, -0.15) is 5.10 Å². The summed E-state index contributed by atoms with van der Waals surface area (Å²) in [4.78, 5) is 61.3. The quantitative estimate of drug-likeness (QED) is 0.174. The second-order valence-corrected chi connectivity index (χ2v) is 9.95. The molecule has 0 fully saturated rings. The van der Waals surface area contributed by atoms with Crippen LogP contribution in [-0.2, 0) is 13.0 Å². The van der Waals surface area contributed by atoms with Crippen LogP contribution in [0.15, 0.2) is 64.7 Å². The number of aromatic nitrogens is 5. The Balaban J connectivity index is 1.09. The fourth-order valence-corrected chi connectivity index (χ4v) is 5.17. The van der Waals surface area contributed by atoms with Gasteiger partial charge in [0.2, 0.25) is 0 Å². The van der Waals surface area contributed by atoms with E-state index in [2.05, 4.69) is 41.1 Å². The van der Waals surface area contributed by atoms with E-state index in [4.69, 9.17) is 5.73 Å². The molecule has 2 heterocycles. The maximum atomic E-state index is 13.1. The van der Waals surface area contributed by atoms with E-state index in [0.29, 0.717) is 11.5 Å². The zero-order valence-corrected chi connectivity index (χ0v) is 22.4. The van der Waals surface area contributed by atoms with Crippen molar-refractivity contribution in [2.75, 3.05) is 11.1 Å². The molecule has 0 unspecified atom stereocenters. The summed E-state index contributed by atoms with van der Waals surface area (Å²) in [5.41, 5.74) is 9.81. The number of nitrogen functional groups attached to an aromatic ring is 1. The van der Waals surface area contributed by atoms with Gasteiger partial charge in [-0.15, -0.1) is 0 Å². The first-order valence-electron chi connectivity index (χ1n) is 13.1. The van der Waals surface area contributed by atoms with Gasteiger partial charge in [0.05, 0.1) is 6.04 Å². The Kier molecular flexibility index (Phi) is 6.74. The Morgan fingerprint density at radius 2 is 1.81 bits per heavy atom. The van der Waals surface area contributed by atoms with Crippen molar-refractivity contribution in [3.8, 4) is 11.4 Å². The first kappa shape index (κ1) is 26.5. The lowest BCUT2D eigenvalue weighted by Crippen LogP contribution is -2.36. The van der Waals surface area contributed by atoms with Crippen molar-refractivity contribution in [1.82, 2.24) is 35.8 Å². The summed E-state index contributed by atoms with van der Waals surface area (Å²) in [5, 5.41) is 15.5. The number of nitrogens with zero attached hydrogens (tertiary/aromatic N) is 4. The maximum absolute atomic E-state index is 13.1. The first-order valence-corrected chi connectivity index (χ1v) is 13.1. The molecule has 1 aliphatic rings. The monoisotopic (exact) mass is 563 g/mol. The minimum absolute atomic E-state index is 0.0419. The lowest BCUT2D eigenvalue weighted by Gasteiger charge is -2.15. The fourth-order valence-electron chi connectivity index (χ4n) is 5.17. The van der Waals surface area contributed by atoms with E-state index < -0.39 is 22.7 Å². The topological polar surface area (TPSA) is 198 Å². The van der Waals surface area contributed by atoms with Gasteiger partial charge < -0.3 is 21.7 Å². The summed E-state index contributed by atoms with van der Waals surface area (Å²) in [6.45, 7) is 2.18. The summed E-state index contributed by atoms with van der Waals surface area (Å²) in [5.74, 6) is -0.194. The molecule has 13 nitrogen and oxygen atoms in total. The van der Waals surface area contributed by atoms with E-state index in [-0.39, 0.29) is 35.3 Å². The van der Waals surface area contributed by atoms with Crippen LogP contribution < -0.4 is 32.5 Å². The SMILES string of the molecule is Cc1c(-c2ncn[nH]2)ccc2c1CC[C@@H]2NC(=O)c1cc(C(=O)NCc2cccc(Nc3c(N)c(=O)c3=O)c2)ncn1. The zero-order chi connectivity index (χ0) is 29.4. The molecule has 5 aromatic rings. The molecular formula is C29H25N9O4. The van der Waals surface area contributed by atoms with Gasteiger partial charge in [0, 0.05) is 23.9 Å². The van der Waals surface area contributed by atoms with E-state index in [1.807, 2.05) is 19.1 Å². The molecule has 1 aliphatic carbocycles. The number of hydrogen-bond donors (Lipinski definition) is 5. The summed E-state index contributed by atoms with van der Waals surface area (Å²) < 4.78 is 0. The Morgan fingerprint density at radius 1 is 1.00 bits per heavy atom. The number of anilines is 3. The number of nitrogens with two attached hydrogens (primary N) is 1. The van der Waals surface area contributed by atoms with Gasteiger partial charge in [0.15, 0.2) is 5.82 Å².